The molecule has 0 aliphatic heterocycles. The normalized spacial score (nSPS) is 9.89. The van der Waals surface area contributed by atoms with Crippen molar-refractivity contribution in [3.05, 3.63) is 0 Å². The molecule has 0 heterocycles. The summed E-state index contributed by atoms with van der Waals surface area (Å²) in [7, 11) is 0. The predicted molar refractivity (Wildman–Crippen MR) is 82.3 cm³/mol. The fourth-order valence-electron chi connectivity index (χ4n) is 2.22. The molecule has 0 aliphatic rings. The van der Waals surface area contributed by atoms with Gasteiger partial charge in [0.1, 0.15) is 0 Å². The van der Waals surface area contributed by atoms with Crippen LogP contribution in [0.25, 0.3) is 0 Å². The number of hydrogen-bond acceptors (Lipinski definition) is 0. The van der Waals surface area contributed by atoms with Crippen LogP contribution in [0.5, 0.6) is 0 Å². The summed E-state index contributed by atoms with van der Waals surface area (Å²) in [4.78, 5) is 0. The average molecular weight is 246 g/mol. The summed E-state index contributed by atoms with van der Waals surface area (Å²) in [6, 6.07) is 0. The summed E-state index contributed by atoms with van der Waals surface area (Å²) in [5.74, 6) is 5.40. The summed E-state index contributed by atoms with van der Waals surface area (Å²) >= 11 is 0. The van der Waals surface area contributed by atoms with Crippen molar-refractivity contribution in [3.8, 4) is 24.7 Å². The molecule has 0 aromatic rings. The third-order valence-corrected chi connectivity index (χ3v) is 3.39. The van der Waals surface area contributed by atoms with Crippen molar-refractivity contribution in [2.75, 3.05) is 0 Å². The molecule has 0 atom stereocenters. The highest BCUT2D eigenvalue weighted by Crippen LogP contribution is 2.12. The van der Waals surface area contributed by atoms with Gasteiger partial charge in [-0.1, -0.05) is 64.2 Å². The molecule has 0 saturated carbocycles. The topological polar surface area (TPSA) is 0 Å². The molecule has 0 saturated heterocycles. The van der Waals surface area contributed by atoms with Gasteiger partial charge in [-0.05, 0) is 12.8 Å². The summed E-state index contributed by atoms with van der Waals surface area (Å²) in [6.45, 7) is 0. The van der Waals surface area contributed by atoms with E-state index in [4.69, 9.17) is 12.8 Å². The van der Waals surface area contributed by atoms with Gasteiger partial charge in [0, 0.05) is 12.8 Å². The van der Waals surface area contributed by atoms with Gasteiger partial charge in [0.15, 0.2) is 0 Å². The zero-order valence-corrected chi connectivity index (χ0v) is 12.1. The molecule has 0 aromatic heterocycles. The third kappa shape index (κ3) is 15.1. The molecule has 0 aliphatic carbocycles. The minimum absolute atomic E-state index is 0.958. The van der Waals surface area contributed by atoms with Gasteiger partial charge >= 0.3 is 0 Å². The lowest BCUT2D eigenvalue weighted by atomic mass is 10.0. The van der Waals surface area contributed by atoms with E-state index in [2.05, 4.69) is 11.8 Å². The zero-order chi connectivity index (χ0) is 13.3. The van der Waals surface area contributed by atoms with E-state index < -0.39 is 0 Å². The Balaban J connectivity index is 2.91. The second-order valence-electron chi connectivity index (χ2n) is 5.15. The molecule has 0 N–H and O–H groups in total. The van der Waals surface area contributed by atoms with E-state index in [-0.39, 0.29) is 0 Å². The van der Waals surface area contributed by atoms with E-state index in [1.165, 1.54) is 77.0 Å². The van der Waals surface area contributed by atoms with Crippen molar-refractivity contribution in [3.63, 3.8) is 0 Å². The van der Waals surface area contributed by atoms with Crippen LogP contribution < -0.4 is 0 Å². The molecule has 0 aromatic carbocycles. The molecule has 0 amide bonds. The van der Waals surface area contributed by atoms with Crippen molar-refractivity contribution in [1.82, 2.24) is 0 Å². The van der Waals surface area contributed by atoms with E-state index in [0.717, 1.165) is 12.8 Å². The molecule has 0 spiro atoms. The predicted octanol–water partition coefficient (Wildman–Crippen LogP) is 5.71. The fourth-order valence-corrected chi connectivity index (χ4v) is 2.22. The molecule has 0 nitrogen and oxygen atoms in total. The first kappa shape index (κ1) is 17.1. The molecule has 0 radical (unpaired) electrons. The Hall–Kier alpha value is -0.880. The standard InChI is InChI=1S/C18H30/c1-3-5-7-9-11-13-15-17-18-16-14-12-10-8-6-4-2/h1-2H,5-18H2. The largest absolute Gasteiger partial charge is 0.120 e. The van der Waals surface area contributed by atoms with Crippen molar-refractivity contribution >= 4 is 0 Å². The summed E-state index contributed by atoms with van der Waals surface area (Å²) < 4.78 is 0. The first-order chi connectivity index (χ1) is 8.91. The molecule has 0 bridgehead atoms. The van der Waals surface area contributed by atoms with Crippen LogP contribution in [0.2, 0.25) is 0 Å². The Kier molecular flexibility index (Phi) is 15.3. The Morgan fingerprint density at radius 1 is 0.389 bits per heavy atom. The van der Waals surface area contributed by atoms with Crippen molar-refractivity contribution in [2.45, 2.75) is 89.9 Å². The van der Waals surface area contributed by atoms with Gasteiger partial charge in [0.2, 0.25) is 0 Å². The van der Waals surface area contributed by atoms with Crippen molar-refractivity contribution in [2.24, 2.45) is 0 Å². The van der Waals surface area contributed by atoms with Gasteiger partial charge in [-0.2, -0.15) is 0 Å². The van der Waals surface area contributed by atoms with Gasteiger partial charge in [0.25, 0.3) is 0 Å². The van der Waals surface area contributed by atoms with Crippen LogP contribution in [0.15, 0.2) is 0 Å². The molecule has 0 unspecified atom stereocenters. The molecule has 18 heavy (non-hydrogen) atoms. The molecule has 0 rings (SSSR count). The van der Waals surface area contributed by atoms with Crippen LogP contribution in [0.1, 0.15) is 89.9 Å². The first-order valence-corrected chi connectivity index (χ1v) is 7.78. The Morgan fingerprint density at radius 2 is 0.611 bits per heavy atom. The highest BCUT2D eigenvalue weighted by Gasteiger charge is 1.93. The van der Waals surface area contributed by atoms with Gasteiger partial charge in [0.05, 0.1) is 0 Å². The Bertz CT molecular complexity index is 199. The van der Waals surface area contributed by atoms with Crippen LogP contribution in [0.3, 0.4) is 0 Å². The second-order valence-corrected chi connectivity index (χ2v) is 5.15. The minimum Gasteiger partial charge on any atom is -0.120 e. The lowest BCUT2D eigenvalue weighted by Crippen LogP contribution is -1.82. The van der Waals surface area contributed by atoms with E-state index in [0.29, 0.717) is 0 Å². The second kappa shape index (κ2) is 16.1. The number of unbranched alkanes of at least 4 members (excludes halogenated alkanes) is 13. The van der Waals surface area contributed by atoms with E-state index >= 15 is 0 Å². The highest BCUT2D eigenvalue weighted by atomic mass is 14.0. The van der Waals surface area contributed by atoms with Gasteiger partial charge in [-0.25, -0.2) is 0 Å². The molecule has 102 valence electrons. The van der Waals surface area contributed by atoms with Gasteiger partial charge in [-0.3, -0.25) is 0 Å². The Morgan fingerprint density at radius 3 is 0.833 bits per heavy atom. The van der Waals surface area contributed by atoms with E-state index in [9.17, 15) is 0 Å². The van der Waals surface area contributed by atoms with Crippen LogP contribution in [-0.4, -0.2) is 0 Å². The quantitative estimate of drug-likeness (QED) is 0.288. The number of terminal acetylenes is 2. The number of rotatable bonds is 13. The van der Waals surface area contributed by atoms with E-state index in [1.807, 2.05) is 0 Å². The smallest absolute Gasteiger partial charge is 0.00860 e. The SMILES string of the molecule is C#CCCCCCCCCCCCCCCC#C. The third-order valence-electron chi connectivity index (χ3n) is 3.39. The lowest BCUT2D eigenvalue weighted by molar-refractivity contribution is 0.543. The van der Waals surface area contributed by atoms with E-state index in [1.54, 1.807) is 0 Å². The lowest BCUT2D eigenvalue weighted by Gasteiger charge is -2.02. The van der Waals surface area contributed by atoms with Gasteiger partial charge in [-0.15, -0.1) is 24.7 Å². The highest BCUT2D eigenvalue weighted by molar-refractivity contribution is 4.83. The summed E-state index contributed by atoms with van der Waals surface area (Å²) in [6.07, 6.45) is 28.6. The van der Waals surface area contributed by atoms with Gasteiger partial charge < -0.3 is 0 Å². The van der Waals surface area contributed by atoms with Crippen LogP contribution in [0, 0.1) is 24.7 Å². The van der Waals surface area contributed by atoms with Crippen LogP contribution in [-0.2, 0) is 0 Å². The van der Waals surface area contributed by atoms with Crippen molar-refractivity contribution < 1.29 is 0 Å². The summed E-state index contributed by atoms with van der Waals surface area (Å²) in [5, 5.41) is 0. The molecule has 0 fully saturated rings. The maximum Gasteiger partial charge on any atom is 0.00860 e. The Labute approximate surface area is 115 Å². The molecular weight excluding hydrogens is 216 g/mol. The van der Waals surface area contributed by atoms with Crippen molar-refractivity contribution in [1.29, 1.82) is 0 Å². The zero-order valence-electron chi connectivity index (χ0n) is 12.1. The van der Waals surface area contributed by atoms with Crippen LogP contribution >= 0.6 is 0 Å². The average Bonchev–Trinajstić information content (AvgIpc) is 2.39. The fraction of sp³-hybridized carbons (Fsp3) is 0.778. The number of hydrogen-bond donors (Lipinski definition) is 0. The maximum atomic E-state index is 5.22. The molecular formula is C18H30. The van der Waals surface area contributed by atoms with Crippen LogP contribution in [0.4, 0.5) is 0 Å². The molecule has 0 heteroatoms. The minimum atomic E-state index is 0.958. The summed E-state index contributed by atoms with van der Waals surface area (Å²) in [5.41, 5.74) is 0. The first-order valence-electron chi connectivity index (χ1n) is 7.78. The monoisotopic (exact) mass is 246 g/mol. The maximum absolute atomic E-state index is 5.22.